The van der Waals surface area contributed by atoms with Crippen molar-refractivity contribution in [2.45, 2.75) is 0 Å². The molecular formula is C15H8Cl3N3O2. The molecule has 0 saturated carbocycles. The van der Waals surface area contributed by atoms with E-state index in [1.165, 1.54) is 6.07 Å². The molecule has 1 heterocycles. The van der Waals surface area contributed by atoms with Crippen molar-refractivity contribution < 1.29 is 9.21 Å². The number of rotatable bonds is 3. The van der Waals surface area contributed by atoms with Gasteiger partial charge in [0.15, 0.2) is 0 Å². The highest BCUT2D eigenvalue weighted by molar-refractivity contribution is 6.36. The Morgan fingerprint density at radius 2 is 1.78 bits per heavy atom. The molecule has 0 unspecified atom stereocenters. The molecular weight excluding hydrogens is 361 g/mol. The predicted octanol–water partition coefficient (Wildman–Crippen LogP) is 4.95. The number of carbonyl (C=O) groups excluding carboxylic acids is 1. The number of amides is 1. The van der Waals surface area contributed by atoms with E-state index >= 15 is 0 Å². The zero-order valence-electron chi connectivity index (χ0n) is 11.4. The first-order valence-electron chi connectivity index (χ1n) is 6.39. The first-order chi connectivity index (χ1) is 11.0. The van der Waals surface area contributed by atoms with Gasteiger partial charge in [0.1, 0.15) is 0 Å². The van der Waals surface area contributed by atoms with Crippen molar-refractivity contribution in [3.63, 3.8) is 0 Å². The van der Waals surface area contributed by atoms with Gasteiger partial charge < -0.3 is 4.42 Å². The summed E-state index contributed by atoms with van der Waals surface area (Å²) in [6, 6.07) is 11.3. The Hall–Kier alpha value is -2.08. The van der Waals surface area contributed by atoms with Crippen LogP contribution in [0.5, 0.6) is 0 Å². The first-order valence-corrected chi connectivity index (χ1v) is 7.52. The molecule has 116 valence electrons. The van der Waals surface area contributed by atoms with Gasteiger partial charge in [0.2, 0.25) is 0 Å². The molecule has 2 aromatic carbocycles. The van der Waals surface area contributed by atoms with Crippen LogP contribution < -0.4 is 5.32 Å². The molecule has 3 rings (SSSR count). The zero-order valence-corrected chi connectivity index (χ0v) is 13.7. The van der Waals surface area contributed by atoms with Crippen molar-refractivity contribution in [3.05, 3.63) is 63.1 Å². The van der Waals surface area contributed by atoms with E-state index in [4.69, 9.17) is 39.2 Å². The Balaban J connectivity index is 1.81. The second kappa shape index (κ2) is 6.58. The zero-order chi connectivity index (χ0) is 16.4. The Labute approximate surface area is 146 Å². The first kappa shape index (κ1) is 15.8. The molecule has 3 aromatic rings. The number of anilines is 1. The lowest BCUT2D eigenvalue weighted by atomic mass is 10.2. The molecule has 0 aliphatic heterocycles. The van der Waals surface area contributed by atoms with Crippen LogP contribution in [0.2, 0.25) is 15.1 Å². The van der Waals surface area contributed by atoms with Crippen molar-refractivity contribution >= 4 is 46.7 Å². The third-order valence-corrected chi connectivity index (χ3v) is 3.68. The van der Waals surface area contributed by atoms with E-state index in [9.17, 15) is 4.79 Å². The van der Waals surface area contributed by atoms with Gasteiger partial charge in [-0.2, -0.15) is 0 Å². The molecule has 0 aliphatic carbocycles. The molecule has 1 N–H and O–H groups in total. The van der Waals surface area contributed by atoms with Crippen molar-refractivity contribution in [2.75, 3.05) is 5.32 Å². The lowest BCUT2D eigenvalue weighted by Crippen LogP contribution is -2.11. The number of hydrogen-bond donors (Lipinski definition) is 1. The SMILES string of the molecule is O=C(Nc1nnc(-c2ccc(Cl)cc2Cl)o1)c1cccc(Cl)c1. The quantitative estimate of drug-likeness (QED) is 0.710. The topological polar surface area (TPSA) is 68.0 Å². The summed E-state index contributed by atoms with van der Waals surface area (Å²) in [5.41, 5.74) is 0.897. The number of hydrogen-bond acceptors (Lipinski definition) is 4. The number of aromatic nitrogens is 2. The second-order valence-corrected chi connectivity index (χ2v) is 5.78. The van der Waals surface area contributed by atoms with Crippen molar-refractivity contribution in [3.8, 4) is 11.5 Å². The summed E-state index contributed by atoms with van der Waals surface area (Å²) in [5, 5.41) is 11.4. The second-order valence-electron chi connectivity index (χ2n) is 4.50. The van der Waals surface area contributed by atoms with Crippen LogP contribution >= 0.6 is 34.8 Å². The summed E-state index contributed by atoms with van der Waals surface area (Å²) in [5.74, 6) is -0.238. The highest BCUT2D eigenvalue weighted by Crippen LogP contribution is 2.30. The van der Waals surface area contributed by atoms with Crippen LogP contribution in [0.3, 0.4) is 0 Å². The smallest absolute Gasteiger partial charge is 0.322 e. The number of nitrogens with one attached hydrogen (secondary N) is 1. The minimum atomic E-state index is -0.412. The van der Waals surface area contributed by atoms with E-state index < -0.39 is 5.91 Å². The summed E-state index contributed by atoms with van der Waals surface area (Å²) >= 11 is 17.8. The maximum Gasteiger partial charge on any atom is 0.322 e. The molecule has 0 bridgehead atoms. The molecule has 1 amide bonds. The van der Waals surface area contributed by atoms with Crippen LogP contribution in [0.1, 0.15) is 10.4 Å². The molecule has 0 fully saturated rings. The highest BCUT2D eigenvalue weighted by Gasteiger charge is 2.15. The summed E-state index contributed by atoms with van der Waals surface area (Å²) in [6.45, 7) is 0. The Kier molecular flexibility index (Phi) is 4.52. The maximum atomic E-state index is 12.1. The summed E-state index contributed by atoms with van der Waals surface area (Å²) in [7, 11) is 0. The number of carbonyl (C=O) groups is 1. The van der Waals surface area contributed by atoms with Crippen LogP contribution in [0.25, 0.3) is 11.5 Å². The van der Waals surface area contributed by atoms with Crippen LogP contribution in [-0.4, -0.2) is 16.1 Å². The fraction of sp³-hybridized carbons (Fsp3) is 0. The van der Waals surface area contributed by atoms with E-state index in [1.807, 2.05) is 0 Å². The number of halogens is 3. The van der Waals surface area contributed by atoms with Gasteiger partial charge >= 0.3 is 6.01 Å². The van der Waals surface area contributed by atoms with Crippen molar-refractivity contribution in [2.24, 2.45) is 0 Å². The van der Waals surface area contributed by atoms with Gasteiger partial charge in [-0.3, -0.25) is 10.1 Å². The van der Waals surface area contributed by atoms with Gasteiger partial charge in [-0.1, -0.05) is 46.0 Å². The Morgan fingerprint density at radius 1 is 1.00 bits per heavy atom. The summed E-state index contributed by atoms with van der Waals surface area (Å²) in [4.78, 5) is 12.1. The van der Waals surface area contributed by atoms with Gasteiger partial charge in [0.05, 0.1) is 10.6 Å². The van der Waals surface area contributed by atoms with E-state index in [-0.39, 0.29) is 11.9 Å². The average Bonchev–Trinajstić information content (AvgIpc) is 2.95. The standard InChI is InChI=1S/C15H8Cl3N3O2/c16-9-3-1-2-8(6-9)13(22)19-15-21-20-14(23-15)11-5-4-10(17)7-12(11)18/h1-7H,(H,19,21,22). The van der Waals surface area contributed by atoms with E-state index in [2.05, 4.69) is 15.5 Å². The summed E-state index contributed by atoms with van der Waals surface area (Å²) in [6.07, 6.45) is 0. The normalized spacial score (nSPS) is 10.6. The molecule has 8 heteroatoms. The lowest BCUT2D eigenvalue weighted by molar-refractivity contribution is 0.102. The largest absolute Gasteiger partial charge is 0.403 e. The third-order valence-electron chi connectivity index (χ3n) is 2.89. The fourth-order valence-corrected chi connectivity index (χ4v) is 2.52. The molecule has 5 nitrogen and oxygen atoms in total. The van der Waals surface area contributed by atoms with Gasteiger partial charge in [-0.25, -0.2) is 0 Å². The van der Waals surface area contributed by atoms with Crippen LogP contribution in [0.15, 0.2) is 46.9 Å². The molecule has 0 atom stereocenters. The van der Waals surface area contributed by atoms with Crippen LogP contribution in [-0.2, 0) is 0 Å². The van der Waals surface area contributed by atoms with Gasteiger partial charge in [0.25, 0.3) is 11.8 Å². The lowest BCUT2D eigenvalue weighted by Gasteiger charge is -2.01. The minimum Gasteiger partial charge on any atom is -0.403 e. The molecule has 0 saturated heterocycles. The maximum absolute atomic E-state index is 12.1. The Morgan fingerprint density at radius 3 is 2.52 bits per heavy atom. The number of nitrogens with zero attached hydrogens (tertiary/aromatic N) is 2. The van der Waals surface area contributed by atoms with Crippen LogP contribution in [0, 0.1) is 0 Å². The highest BCUT2D eigenvalue weighted by atomic mass is 35.5. The Bertz CT molecular complexity index is 880. The summed E-state index contributed by atoms with van der Waals surface area (Å²) < 4.78 is 5.40. The van der Waals surface area contributed by atoms with Gasteiger partial charge in [-0.05, 0) is 36.4 Å². The van der Waals surface area contributed by atoms with E-state index in [1.54, 1.807) is 36.4 Å². The van der Waals surface area contributed by atoms with Crippen molar-refractivity contribution in [1.29, 1.82) is 0 Å². The minimum absolute atomic E-state index is 0.0454. The molecule has 0 spiro atoms. The van der Waals surface area contributed by atoms with Gasteiger partial charge in [0, 0.05) is 15.6 Å². The predicted molar refractivity (Wildman–Crippen MR) is 89.2 cm³/mol. The van der Waals surface area contributed by atoms with Crippen LogP contribution in [0.4, 0.5) is 6.01 Å². The monoisotopic (exact) mass is 367 g/mol. The molecule has 23 heavy (non-hydrogen) atoms. The van der Waals surface area contributed by atoms with Gasteiger partial charge in [-0.15, -0.1) is 5.10 Å². The third kappa shape index (κ3) is 3.64. The average molecular weight is 369 g/mol. The fourth-order valence-electron chi connectivity index (χ4n) is 1.84. The van der Waals surface area contributed by atoms with E-state index in [0.717, 1.165) is 0 Å². The molecule has 0 aliphatic rings. The van der Waals surface area contributed by atoms with E-state index in [0.29, 0.717) is 26.2 Å². The molecule has 0 radical (unpaired) electrons. The van der Waals surface area contributed by atoms with Crippen molar-refractivity contribution in [1.82, 2.24) is 10.2 Å². The molecule has 1 aromatic heterocycles. The number of benzene rings is 2.